The van der Waals surface area contributed by atoms with Gasteiger partial charge in [-0.3, -0.25) is 4.98 Å². The Balaban J connectivity index is 1.66. The highest BCUT2D eigenvalue weighted by molar-refractivity contribution is 6.30. The van der Waals surface area contributed by atoms with Crippen molar-refractivity contribution in [3.63, 3.8) is 0 Å². The maximum Gasteiger partial charge on any atom is 0.119 e. The Labute approximate surface area is 165 Å². The van der Waals surface area contributed by atoms with E-state index in [-0.39, 0.29) is 6.10 Å². The number of rotatable bonds is 5. The lowest BCUT2D eigenvalue weighted by atomic mass is 10.1. The maximum absolute atomic E-state index is 6.18. The second-order valence-electron chi connectivity index (χ2n) is 7.16. The number of nitrogens with zero attached hydrogens (tertiary/aromatic N) is 1. The molecule has 0 radical (unpaired) electrons. The summed E-state index contributed by atoms with van der Waals surface area (Å²) in [5.74, 6) is 0.884. The van der Waals surface area contributed by atoms with E-state index in [4.69, 9.17) is 21.3 Å². The standard InChI is InChI=1S/C23H23ClN2O/c1-15(2)27-19-11-9-18(10-12-19)25-23-14-22(16-5-3-6-17(24)13-16)26-21-8-4-7-20(21)23/h3,5-6,9-15H,4,7-8H2,1-2H3,(H,25,26). The zero-order chi connectivity index (χ0) is 18.8. The molecule has 4 rings (SSSR count). The number of anilines is 2. The molecule has 1 aliphatic rings. The Morgan fingerprint density at radius 3 is 2.59 bits per heavy atom. The summed E-state index contributed by atoms with van der Waals surface area (Å²) in [6, 6.07) is 18.1. The smallest absolute Gasteiger partial charge is 0.119 e. The van der Waals surface area contributed by atoms with Crippen molar-refractivity contribution in [2.45, 2.75) is 39.2 Å². The first-order chi connectivity index (χ1) is 13.1. The summed E-state index contributed by atoms with van der Waals surface area (Å²) in [5, 5.41) is 4.31. The predicted octanol–water partition coefficient (Wildman–Crippen LogP) is 6.42. The number of pyridine rings is 1. The molecule has 0 unspecified atom stereocenters. The van der Waals surface area contributed by atoms with Crippen LogP contribution in [0.1, 0.15) is 31.5 Å². The number of hydrogen-bond donors (Lipinski definition) is 1. The number of ether oxygens (including phenoxy) is 1. The predicted molar refractivity (Wildman–Crippen MR) is 112 cm³/mol. The van der Waals surface area contributed by atoms with E-state index in [2.05, 4.69) is 29.6 Å². The first-order valence-corrected chi connectivity index (χ1v) is 9.79. The molecule has 0 bridgehead atoms. The van der Waals surface area contributed by atoms with Gasteiger partial charge in [0.2, 0.25) is 0 Å². The average Bonchev–Trinajstić information content (AvgIpc) is 3.12. The second-order valence-corrected chi connectivity index (χ2v) is 7.60. The zero-order valence-corrected chi connectivity index (χ0v) is 16.4. The fourth-order valence-corrected chi connectivity index (χ4v) is 3.68. The minimum atomic E-state index is 0.174. The molecule has 2 aromatic carbocycles. The molecule has 0 atom stereocenters. The summed E-state index contributed by atoms with van der Waals surface area (Å²) >= 11 is 6.18. The molecule has 1 N–H and O–H groups in total. The minimum Gasteiger partial charge on any atom is -0.491 e. The van der Waals surface area contributed by atoms with Crippen LogP contribution in [0.4, 0.5) is 11.4 Å². The molecular formula is C23H23ClN2O. The Kier molecular flexibility index (Phi) is 5.04. The fourth-order valence-electron chi connectivity index (χ4n) is 3.49. The molecule has 0 aliphatic heterocycles. The van der Waals surface area contributed by atoms with Gasteiger partial charge in [-0.15, -0.1) is 0 Å². The van der Waals surface area contributed by atoms with Crippen LogP contribution in [0, 0.1) is 0 Å². The summed E-state index contributed by atoms with van der Waals surface area (Å²) < 4.78 is 5.73. The van der Waals surface area contributed by atoms with E-state index in [1.807, 2.05) is 44.2 Å². The Bertz CT molecular complexity index is 951. The molecule has 27 heavy (non-hydrogen) atoms. The van der Waals surface area contributed by atoms with Crippen molar-refractivity contribution in [2.24, 2.45) is 0 Å². The molecule has 138 valence electrons. The highest BCUT2D eigenvalue weighted by Crippen LogP contribution is 2.34. The summed E-state index contributed by atoms with van der Waals surface area (Å²) in [6.07, 6.45) is 3.42. The largest absolute Gasteiger partial charge is 0.491 e. The monoisotopic (exact) mass is 378 g/mol. The SMILES string of the molecule is CC(C)Oc1ccc(Nc2cc(-c3cccc(Cl)c3)nc3c2CCC3)cc1. The van der Waals surface area contributed by atoms with Gasteiger partial charge in [0.05, 0.1) is 11.8 Å². The molecular weight excluding hydrogens is 356 g/mol. The molecule has 0 saturated heterocycles. The van der Waals surface area contributed by atoms with Crippen molar-refractivity contribution in [3.8, 4) is 17.0 Å². The molecule has 0 saturated carbocycles. The highest BCUT2D eigenvalue weighted by Gasteiger charge is 2.19. The lowest BCUT2D eigenvalue weighted by molar-refractivity contribution is 0.242. The van der Waals surface area contributed by atoms with Crippen LogP contribution in [-0.4, -0.2) is 11.1 Å². The van der Waals surface area contributed by atoms with Gasteiger partial charge in [-0.2, -0.15) is 0 Å². The van der Waals surface area contributed by atoms with Gasteiger partial charge in [-0.25, -0.2) is 0 Å². The van der Waals surface area contributed by atoms with E-state index in [9.17, 15) is 0 Å². The van der Waals surface area contributed by atoms with Gasteiger partial charge in [0.25, 0.3) is 0 Å². The minimum absolute atomic E-state index is 0.174. The molecule has 0 amide bonds. The van der Waals surface area contributed by atoms with Crippen LogP contribution in [0.25, 0.3) is 11.3 Å². The van der Waals surface area contributed by atoms with Gasteiger partial charge in [0.1, 0.15) is 5.75 Å². The summed E-state index contributed by atoms with van der Waals surface area (Å²) in [5.41, 5.74) is 6.69. The van der Waals surface area contributed by atoms with Crippen molar-refractivity contribution in [3.05, 3.63) is 70.9 Å². The maximum atomic E-state index is 6.18. The Morgan fingerprint density at radius 1 is 1.04 bits per heavy atom. The highest BCUT2D eigenvalue weighted by atomic mass is 35.5. The third-order valence-corrected chi connectivity index (χ3v) is 4.91. The molecule has 4 heteroatoms. The molecule has 0 fully saturated rings. The van der Waals surface area contributed by atoms with Crippen LogP contribution in [0.2, 0.25) is 5.02 Å². The number of nitrogens with one attached hydrogen (secondary N) is 1. The van der Waals surface area contributed by atoms with E-state index in [1.165, 1.54) is 11.3 Å². The topological polar surface area (TPSA) is 34.1 Å². The summed E-state index contributed by atoms with van der Waals surface area (Å²) in [6.45, 7) is 4.06. The molecule has 1 aromatic heterocycles. The molecule has 1 aliphatic carbocycles. The first-order valence-electron chi connectivity index (χ1n) is 9.41. The fraction of sp³-hybridized carbons (Fsp3) is 0.261. The van der Waals surface area contributed by atoms with Crippen LogP contribution in [0.3, 0.4) is 0 Å². The number of hydrogen-bond acceptors (Lipinski definition) is 3. The number of aromatic nitrogens is 1. The van der Waals surface area contributed by atoms with E-state index >= 15 is 0 Å². The van der Waals surface area contributed by atoms with Crippen LogP contribution in [0.15, 0.2) is 54.6 Å². The van der Waals surface area contributed by atoms with Crippen molar-refractivity contribution in [1.29, 1.82) is 0 Å². The van der Waals surface area contributed by atoms with Gasteiger partial charge in [-0.1, -0.05) is 23.7 Å². The third kappa shape index (κ3) is 4.09. The number of aryl methyl sites for hydroxylation is 1. The lowest BCUT2D eigenvalue weighted by Gasteiger charge is -2.15. The van der Waals surface area contributed by atoms with E-state index in [1.54, 1.807) is 0 Å². The quantitative estimate of drug-likeness (QED) is 0.556. The van der Waals surface area contributed by atoms with Crippen molar-refractivity contribution in [2.75, 3.05) is 5.32 Å². The normalized spacial score (nSPS) is 12.9. The van der Waals surface area contributed by atoms with Gasteiger partial charge in [0, 0.05) is 27.7 Å². The van der Waals surface area contributed by atoms with E-state index < -0.39 is 0 Å². The average molecular weight is 379 g/mol. The van der Waals surface area contributed by atoms with E-state index in [0.717, 1.165) is 52.7 Å². The molecule has 0 spiro atoms. The third-order valence-electron chi connectivity index (χ3n) is 4.68. The number of fused-ring (bicyclic) bond motifs is 1. The van der Waals surface area contributed by atoms with E-state index in [0.29, 0.717) is 0 Å². The van der Waals surface area contributed by atoms with Crippen LogP contribution >= 0.6 is 11.6 Å². The number of halogens is 1. The zero-order valence-electron chi connectivity index (χ0n) is 15.6. The lowest BCUT2D eigenvalue weighted by Crippen LogP contribution is -2.05. The second kappa shape index (κ2) is 7.61. The Hall–Kier alpha value is -2.52. The molecule has 1 heterocycles. The molecule has 3 nitrogen and oxygen atoms in total. The van der Waals surface area contributed by atoms with Crippen molar-refractivity contribution < 1.29 is 4.74 Å². The van der Waals surface area contributed by atoms with Crippen LogP contribution < -0.4 is 10.1 Å². The van der Waals surface area contributed by atoms with Crippen molar-refractivity contribution in [1.82, 2.24) is 4.98 Å². The first kappa shape index (κ1) is 17.9. The van der Waals surface area contributed by atoms with Gasteiger partial charge >= 0.3 is 0 Å². The Morgan fingerprint density at radius 2 is 1.85 bits per heavy atom. The van der Waals surface area contributed by atoms with Crippen molar-refractivity contribution >= 4 is 23.0 Å². The van der Waals surface area contributed by atoms with Gasteiger partial charge < -0.3 is 10.1 Å². The summed E-state index contributed by atoms with van der Waals surface area (Å²) in [4.78, 5) is 4.90. The number of benzene rings is 2. The van der Waals surface area contributed by atoms with Gasteiger partial charge in [0.15, 0.2) is 0 Å². The summed E-state index contributed by atoms with van der Waals surface area (Å²) in [7, 11) is 0. The van der Waals surface area contributed by atoms with Crippen LogP contribution in [0.5, 0.6) is 5.75 Å². The molecule has 3 aromatic rings. The van der Waals surface area contributed by atoms with Gasteiger partial charge in [-0.05, 0) is 81.1 Å². The van der Waals surface area contributed by atoms with Crippen LogP contribution in [-0.2, 0) is 12.8 Å².